The highest BCUT2D eigenvalue weighted by Gasteiger charge is 2.32. The Hall–Kier alpha value is 0.140. The van der Waals surface area contributed by atoms with Gasteiger partial charge in [-0.1, -0.05) is 6.92 Å². The largest absolute Gasteiger partial charge is 0.309 e. The van der Waals surface area contributed by atoms with Crippen LogP contribution in [0.5, 0.6) is 0 Å². The summed E-state index contributed by atoms with van der Waals surface area (Å²) in [4.78, 5) is 1.48. The Kier molecular flexibility index (Phi) is 3.06. The first-order valence-corrected chi connectivity index (χ1v) is 6.41. The van der Waals surface area contributed by atoms with Gasteiger partial charge in [0.05, 0.1) is 3.79 Å². The predicted octanol–water partition coefficient (Wildman–Crippen LogP) is 3.57. The van der Waals surface area contributed by atoms with E-state index in [4.69, 9.17) is 0 Å². The molecule has 1 aromatic rings. The first kappa shape index (κ1) is 9.69. The van der Waals surface area contributed by atoms with Crippen LogP contribution in [0, 0.1) is 5.92 Å². The van der Waals surface area contributed by atoms with E-state index in [1.807, 2.05) is 11.3 Å². The molecule has 1 heterocycles. The minimum atomic E-state index is 0.612. The minimum Gasteiger partial charge on any atom is -0.309 e. The number of rotatable bonds is 4. The van der Waals surface area contributed by atoms with E-state index in [9.17, 15) is 0 Å². The van der Waals surface area contributed by atoms with Crippen LogP contribution in [-0.2, 0) is 0 Å². The molecule has 1 nitrogen and oxygen atoms in total. The Balaban J connectivity index is 2.10. The number of halogens is 1. The molecule has 13 heavy (non-hydrogen) atoms. The first-order valence-electron chi connectivity index (χ1n) is 4.80. The Morgan fingerprint density at radius 1 is 1.62 bits per heavy atom. The average Bonchev–Trinajstić information content (AvgIpc) is 2.85. The number of nitrogens with one attached hydrogen (secondary N) is 1. The Morgan fingerprint density at radius 2 is 2.38 bits per heavy atom. The number of thiophene rings is 1. The molecule has 0 spiro atoms. The molecule has 0 amide bonds. The van der Waals surface area contributed by atoms with Crippen molar-refractivity contribution in [2.24, 2.45) is 5.92 Å². The third-order valence-electron chi connectivity index (χ3n) is 2.42. The van der Waals surface area contributed by atoms with E-state index in [0.717, 1.165) is 12.5 Å². The van der Waals surface area contributed by atoms with E-state index in [0.29, 0.717) is 6.04 Å². The average molecular weight is 260 g/mol. The second kappa shape index (κ2) is 4.11. The van der Waals surface area contributed by atoms with Gasteiger partial charge in [0.25, 0.3) is 0 Å². The second-order valence-electron chi connectivity index (χ2n) is 3.51. The van der Waals surface area contributed by atoms with E-state index >= 15 is 0 Å². The van der Waals surface area contributed by atoms with Gasteiger partial charge in [0.2, 0.25) is 0 Å². The van der Waals surface area contributed by atoms with Gasteiger partial charge < -0.3 is 5.32 Å². The fraction of sp³-hybridized carbons (Fsp3) is 0.600. The van der Waals surface area contributed by atoms with Gasteiger partial charge in [-0.2, -0.15) is 0 Å². The van der Waals surface area contributed by atoms with Gasteiger partial charge in [0.1, 0.15) is 0 Å². The molecule has 1 fully saturated rings. The lowest BCUT2D eigenvalue weighted by Gasteiger charge is -2.14. The molecule has 0 bridgehead atoms. The van der Waals surface area contributed by atoms with Gasteiger partial charge in [0, 0.05) is 10.9 Å². The van der Waals surface area contributed by atoms with Crippen LogP contribution in [-0.4, -0.2) is 6.54 Å². The number of hydrogen-bond acceptors (Lipinski definition) is 2. The summed E-state index contributed by atoms with van der Waals surface area (Å²) in [7, 11) is 0. The monoisotopic (exact) mass is 259 g/mol. The second-order valence-corrected chi connectivity index (χ2v) is 6.01. The highest BCUT2D eigenvalue weighted by molar-refractivity contribution is 9.11. The summed E-state index contributed by atoms with van der Waals surface area (Å²) in [6.45, 7) is 3.24. The maximum absolute atomic E-state index is 3.56. The van der Waals surface area contributed by atoms with E-state index in [-0.39, 0.29) is 0 Å². The summed E-state index contributed by atoms with van der Waals surface area (Å²) in [5, 5.41) is 3.56. The molecule has 1 N–H and O–H groups in total. The van der Waals surface area contributed by atoms with Crippen LogP contribution in [0.3, 0.4) is 0 Å². The normalized spacial score (nSPS) is 18.9. The lowest BCUT2D eigenvalue weighted by molar-refractivity contribution is 0.504. The highest BCUT2D eigenvalue weighted by atomic mass is 79.9. The molecule has 1 aliphatic carbocycles. The molecule has 0 saturated heterocycles. The standard InChI is InChI=1S/C10H14BrNS/c1-2-12-10(7-3-4-7)8-5-6-9(11)13-8/h5-7,10,12H,2-4H2,1H3. The quantitative estimate of drug-likeness (QED) is 0.872. The summed E-state index contributed by atoms with van der Waals surface area (Å²) in [5.74, 6) is 0.894. The van der Waals surface area contributed by atoms with Gasteiger partial charge in [-0.05, 0) is 53.4 Å². The van der Waals surface area contributed by atoms with Crippen molar-refractivity contribution in [2.45, 2.75) is 25.8 Å². The molecule has 0 aromatic carbocycles. The van der Waals surface area contributed by atoms with Crippen LogP contribution in [0.25, 0.3) is 0 Å². The summed E-state index contributed by atoms with van der Waals surface area (Å²) < 4.78 is 1.24. The molecule has 1 aliphatic rings. The van der Waals surface area contributed by atoms with Crippen molar-refractivity contribution in [3.05, 3.63) is 20.8 Å². The molecule has 1 unspecified atom stereocenters. The molecule has 72 valence electrons. The van der Waals surface area contributed by atoms with Gasteiger partial charge in [-0.3, -0.25) is 0 Å². The van der Waals surface area contributed by atoms with Crippen molar-refractivity contribution in [1.82, 2.24) is 5.32 Å². The van der Waals surface area contributed by atoms with Crippen LogP contribution in [0.2, 0.25) is 0 Å². The van der Waals surface area contributed by atoms with Crippen LogP contribution in [0.15, 0.2) is 15.9 Å². The molecule has 2 rings (SSSR count). The molecular weight excluding hydrogens is 246 g/mol. The molecule has 1 aromatic heterocycles. The van der Waals surface area contributed by atoms with Crippen LogP contribution < -0.4 is 5.32 Å². The zero-order valence-electron chi connectivity index (χ0n) is 7.72. The number of hydrogen-bond donors (Lipinski definition) is 1. The highest BCUT2D eigenvalue weighted by Crippen LogP contribution is 2.43. The predicted molar refractivity (Wildman–Crippen MR) is 61.2 cm³/mol. The van der Waals surface area contributed by atoms with E-state index in [1.54, 1.807) is 0 Å². The summed E-state index contributed by atoms with van der Waals surface area (Å²) in [6.07, 6.45) is 2.79. The molecule has 1 saturated carbocycles. The van der Waals surface area contributed by atoms with Gasteiger partial charge in [-0.15, -0.1) is 11.3 Å². The minimum absolute atomic E-state index is 0.612. The smallest absolute Gasteiger partial charge is 0.0701 e. The fourth-order valence-corrected chi connectivity index (χ4v) is 3.24. The lowest BCUT2D eigenvalue weighted by Crippen LogP contribution is -2.21. The Morgan fingerprint density at radius 3 is 2.85 bits per heavy atom. The van der Waals surface area contributed by atoms with E-state index in [2.05, 4.69) is 40.3 Å². The van der Waals surface area contributed by atoms with Gasteiger partial charge >= 0.3 is 0 Å². The molecule has 0 radical (unpaired) electrons. The van der Waals surface area contributed by atoms with Crippen molar-refractivity contribution in [3.8, 4) is 0 Å². The van der Waals surface area contributed by atoms with Crippen molar-refractivity contribution in [1.29, 1.82) is 0 Å². The molecular formula is C10H14BrNS. The topological polar surface area (TPSA) is 12.0 Å². The lowest BCUT2D eigenvalue weighted by atomic mass is 10.1. The van der Waals surface area contributed by atoms with Crippen molar-refractivity contribution in [3.63, 3.8) is 0 Å². The third kappa shape index (κ3) is 2.33. The fourth-order valence-electron chi connectivity index (χ4n) is 1.64. The Labute approximate surface area is 91.7 Å². The van der Waals surface area contributed by atoms with E-state index < -0.39 is 0 Å². The van der Waals surface area contributed by atoms with Crippen LogP contribution in [0.1, 0.15) is 30.7 Å². The maximum atomic E-state index is 3.56. The summed E-state index contributed by atoms with van der Waals surface area (Å²) in [5.41, 5.74) is 0. The summed E-state index contributed by atoms with van der Waals surface area (Å²) >= 11 is 5.37. The Bertz CT molecular complexity index is 280. The van der Waals surface area contributed by atoms with Crippen molar-refractivity contribution in [2.75, 3.05) is 6.54 Å². The first-order chi connectivity index (χ1) is 6.31. The maximum Gasteiger partial charge on any atom is 0.0701 e. The zero-order valence-corrected chi connectivity index (χ0v) is 10.1. The molecule has 1 atom stereocenters. The van der Waals surface area contributed by atoms with Gasteiger partial charge in [-0.25, -0.2) is 0 Å². The van der Waals surface area contributed by atoms with Crippen LogP contribution >= 0.6 is 27.3 Å². The SMILES string of the molecule is CCNC(c1ccc(Br)s1)C1CC1. The molecule has 3 heteroatoms. The zero-order chi connectivity index (χ0) is 9.26. The van der Waals surface area contributed by atoms with Gasteiger partial charge in [0.15, 0.2) is 0 Å². The summed E-state index contributed by atoms with van der Waals surface area (Å²) in [6, 6.07) is 4.99. The van der Waals surface area contributed by atoms with Crippen molar-refractivity contribution >= 4 is 27.3 Å². The van der Waals surface area contributed by atoms with Crippen LogP contribution in [0.4, 0.5) is 0 Å². The van der Waals surface area contributed by atoms with E-state index in [1.165, 1.54) is 21.5 Å². The molecule has 0 aliphatic heterocycles. The van der Waals surface area contributed by atoms with Crippen molar-refractivity contribution < 1.29 is 0 Å². The third-order valence-corrected chi connectivity index (χ3v) is 4.12.